The summed E-state index contributed by atoms with van der Waals surface area (Å²) in [7, 11) is 0. The Labute approximate surface area is 193 Å². The lowest BCUT2D eigenvalue weighted by atomic mass is 10.0. The van der Waals surface area contributed by atoms with Gasteiger partial charge in [-0.25, -0.2) is 0 Å². The molecule has 1 unspecified atom stereocenters. The minimum absolute atomic E-state index is 0.117. The molecule has 174 valence electrons. The standard InChI is InChI=1S/C25H28N2O6/c28-24(26-9-12-30-13-10-26)8-6-18-5-7-20-19(15-18)16-27(11-14-31-20)25(29)23-17-32-21-3-1-2-4-22(21)33-23/h1-5,7,15,23H,6,8-14,16-17H2. The molecule has 3 heterocycles. The van der Waals surface area contributed by atoms with Crippen LogP contribution in [-0.2, 0) is 27.3 Å². The van der Waals surface area contributed by atoms with Crippen LogP contribution in [0.2, 0.25) is 0 Å². The number of benzene rings is 2. The fourth-order valence-corrected chi connectivity index (χ4v) is 4.36. The quantitative estimate of drug-likeness (QED) is 0.707. The predicted molar refractivity (Wildman–Crippen MR) is 119 cm³/mol. The molecule has 0 bridgehead atoms. The molecule has 0 N–H and O–H groups in total. The Balaban J connectivity index is 1.23. The predicted octanol–water partition coefficient (Wildman–Crippen LogP) is 2.04. The highest BCUT2D eigenvalue weighted by Gasteiger charge is 2.32. The molecule has 2 aromatic rings. The molecule has 8 heteroatoms. The zero-order valence-electron chi connectivity index (χ0n) is 18.5. The molecule has 0 radical (unpaired) electrons. The minimum atomic E-state index is -0.684. The molecule has 2 amide bonds. The molecule has 1 atom stereocenters. The fourth-order valence-electron chi connectivity index (χ4n) is 4.36. The Kier molecular flexibility index (Phi) is 6.35. The van der Waals surface area contributed by atoms with E-state index in [9.17, 15) is 9.59 Å². The van der Waals surface area contributed by atoms with Crippen LogP contribution in [0.25, 0.3) is 0 Å². The monoisotopic (exact) mass is 452 g/mol. The average molecular weight is 453 g/mol. The van der Waals surface area contributed by atoms with E-state index >= 15 is 0 Å². The van der Waals surface area contributed by atoms with Crippen LogP contribution in [0.5, 0.6) is 17.2 Å². The van der Waals surface area contributed by atoms with Crippen LogP contribution in [0.1, 0.15) is 17.5 Å². The van der Waals surface area contributed by atoms with Gasteiger partial charge in [0.2, 0.25) is 12.0 Å². The highest BCUT2D eigenvalue weighted by Crippen LogP contribution is 2.32. The molecule has 3 aliphatic rings. The fraction of sp³-hybridized carbons (Fsp3) is 0.440. The summed E-state index contributed by atoms with van der Waals surface area (Å²) in [4.78, 5) is 29.3. The van der Waals surface area contributed by atoms with Gasteiger partial charge in [0.25, 0.3) is 5.91 Å². The van der Waals surface area contributed by atoms with Crippen LogP contribution in [0.3, 0.4) is 0 Å². The molecular formula is C25H28N2O6. The smallest absolute Gasteiger partial charge is 0.267 e. The molecule has 0 saturated carbocycles. The van der Waals surface area contributed by atoms with Crippen molar-refractivity contribution in [1.29, 1.82) is 0 Å². The van der Waals surface area contributed by atoms with Crippen molar-refractivity contribution in [2.75, 3.05) is 46.1 Å². The third kappa shape index (κ3) is 4.90. The molecule has 0 aromatic heterocycles. The largest absolute Gasteiger partial charge is 0.491 e. The van der Waals surface area contributed by atoms with Gasteiger partial charge in [-0.2, -0.15) is 0 Å². The van der Waals surface area contributed by atoms with Crippen LogP contribution in [0.4, 0.5) is 0 Å². The van der Waals surface area contributed by atoms with Crippen molar-refractivity contribution in [3.63, 3.8) is 0 Å². The zero-order valence-corrected chi connectivity index (χ0v) is 18.5. The van der Waals surface area contributed by atoms with Gasteiger partial charge in [0, 0.05) is 31.6 Å². The van der Waals surface area contributed by atoms with E-state index < -0.39 is 6.10 Å². The first kappa shape index (κ1) is 21.6. The van der Waals surface area contributed by atoms with E-state index in [4.69, 9.17) is 18.9 Å². The van der Waals surface area contributed by atoms with E-state index in [0.717, 1.165) is 16.9 Å². The number of amides is 2. The minimum Gasteiger partial charge on any atom is -0.491 e. The number of carbonyl (C=O) groups excluding carboxylic acids is 2. The molecule has 0 aliphatic carbocycles. The van der Waals surface area contributed by atoms with E-state index in [2.05, 4.69) is 0 Å². The summed E-state index contributed by atoms with van der Waals surface area (Å²) in [5.41, 5.74) is 1.99. The number of aryl methyl sites for hydroxylation is 1. The number of fused-ring (bicyclic) bond motifs is 2. The molecule has 1 saturated heterocycles. The zero-order chi connectivity index (χ0) is 22.6. The molecule has 8 nitrogen and oxygen atoms in total. The van der Waals surface area contributed by atoms with Gasteiger partial charge < -0.3 is 28.7 Å². The van der Waals surface area contributed by atoms with Gasteiger partial charge in [-0.05, 0) is 30.2 Å². The van der Waals surface area contributed by atoms with Crippen molar-refractivity contribution in [1.82, 2.24) is 9.80 Å². The van der Waals surface area contributed by atoms with Gasteiger partial charge in [0.1, 0.15) is 19.0 Å². The van der Waals surface area contributed by atoms with E-state index in [-0.39, 0.29) is 18.4 Å². The highest BCUT2D eigenvalue weighted by atomic mass is 16.6. The molecule has 0 spiro atoms. The Morgan fingerprint density at radius 3 is 2.52 bits per heavy atom. The number of carbonyl (C=O) groups is 2. The molecule has 5 rings (SSSR count). The number of para-hydroxylation sites is 2. The number of nitrogens with zero attached hydrogens (tertiary/aromatic N) is 2. The second kappa shape index (κ2) is 9.70. The van der Waals surface area contributed by atoms with Gasteiger partial charge in [0.15, 0.2) is 11.5 Å². The summed E-state index contributed by atoms with van der Waals surface area (Å²) in [6.45, 7) is 4.03. The van der Waals surface area contributed by atoms with Gasteiger partial charge >= 0.3 is 0 Å². The lowest BCUT2D eigenvalue weighted by molar-refractivity contribution is -0.142. The first-order valence-electron chi connectivity index (χ1n) is 11.4. The summed E-state index contributed by atoms with van der Waals surface area (Å²) in [5.74, 6) is 2.05. The Bertz CT molecular complexity index is 1020. The average Bonchev–Trinajstić information content (AvgIpc) is 3.09. The van der Waals surface area contributed by atoms with Gasteiger partial charge in [-0.15, -0.1) is 0 Å². The van der Waals surface area contributed by atoms with Crippen LogP contribution in [0.15, 0.2) is 42.5 Å². The summed E-state index contributed by atoms with van der Waals surface area (Å²) < 4.78 is 22.9. The summed E-state index contributed by atoms with van der Waals surface area (Å²) in [5, 5.41) is 0. The molecule has 2 aromatic carbocycles. The van der Waals surface area contributed by atoms with Crippen LogP contribution in [0, 0.1) is 0 Å². The van der Waals surface area contributed by atoms with Crippen molar-refractivity contribution in [2.45, 2.75) is 25.5 Å². The lowest BCUT2D eigenvalue weighted by Crippen LogP contribution is -2.46. The lowest BCUT2D eigenvalue weighted by Gasteiger charge is -2.30. The van der Waals surface area contributed by atoms with E-state index in [1.54, 1.807) is 11.0 Å². The van der Waals surface area contributed by atoms with E-state index in [1.165, 1.54) is 0 Å². The Morgan fingerprint density at radius 2 is 1.67 bits per heavy atom. The SMILES string of the molecule is O=C(CCc1ccc2c(c1)CN(C(=O)C1COc3ccccc3O1)CCO2)N1CCOCC1. The van der Waals surface area contributed by atoms with Crippen LogP contribution < -0.4 is 14.2 Å². The molecular weight excluding hydrogens is 424 g/mol. The van der Waals surface area contributed by atoms with Gasteiger partial charge in [0.05, 0.1) is 19.8 Å². The molecule has 1 fully saturated rings. The number of hydrogen-bond donors (Lipinski definition) is 0. The summed E-state index contributed by atoms with van der Waals surface area (Å²) >= 11 is 0. The van der Waals surface area contributed by atoms with Gasteiger partial charge in [-0.1, -0.05) is 24.3 Å². The van der Waals surface area contributed by atoms with Crippen molar-refractivity contribution in [2.24, 2.45) is 0 Å². The summed E-state index contributed by atoms with van der Waals surface area (Å²) in [6.07, 6.45) is 0.415. The van der Waals surface area contributed by atoms with Crippen molar-refractivity contribution >= 4 is 11.8 Å². The third-order valence-electron chi connectivity index (χ3n) is 6.19. The molecule has 3 aliphatic heterocycles. The number of hydrogen-bond acceptors (Lipinski definition) is 6. The number of rotatable bonds is 4. The highest BCUT2D eigenvalue weighted by molar-refractivity contribution is 5.82. The van der Waals surface area contributed by atoms with Crippen molar-refractivity contribution < 1.29 is 28.5 Å². The van der Waals surface area contributed by atoms with Crippen molar-refractivity contribution in [3.05, 3.63) is 53.6 Å². The van der Waals surface area contributed by atoms with E-state index in [1.807, 2.05) is 41.3 Å². The maximum absolute atomic E-state index is 13.2. The van der Waals surface area contributed by atoms with Crippen molar-refractivity contribution in [3.8, 4) is 17.2 Å². The number of ether oxygens (including phenoxy) is 4. The van der Waals surface area contributed by atoms with Crippen LogP contribution >= 0.6 is 0 Å². The third-order valence-corrected chi connectivity index (χ3v) is 6.19. The maximum atomic E-state index is 13.2. The number of morpholine rings is 1. The normalized spacial score (nSPS) is 19.8. The molecule has 33 heavy (non-hydrogen) atoms. The Morgan fingerprint density at radius 1 is 0.879 bits per heavy atom. The second-order valence-electron chi connectivity index (χ2n) is 8.41. The second-order valence-corrected chi connectivity index (χ2v) is 8.41. The first-order valence-corrected chi connectivity index (χ1v) is 11.4. The Hall–Kier alpha value is -3.26. The van der Waals surface area contributed by atoms with E-state index in [0.29, 0.717) is 70.3 Å². The first-order chi connectivity index (χ1) is 16.2. The van der Waals surface area contributed by atoms with Gasteiger partial charge in [-0.3, -0.25) is 9.59 Å². The summed E-state index contributed by atoms with van der Waals surface area (Å²) in [6, 6.07) is 13.3. The topological polar surface area (TPSA) is 77.5 Å². The maximum Gasteiger partial charge on any atom is 0.267 e. The van der Waals surface area contributed by atoms with Crippen LogP contribution in [-0.4, -0.2) is 73.8 Å².